The van der Waals surface area contributed by atoms with Gasteiger partial charge in [-0.1, -0.05) is 12.1 Å². The second-order valence-corrected chi connectivity index (χ2v) is 6.65. The lowest BCUT2D eigenvalue weighted by molar-refractivity contribution is -0.0561. The number of rotatable bonds is 12. The number of phosphoric acid groups is 1. The third-order valence-corrected chi connectivity index (χ3v) is 4.46. The summed E-state index contributed by atoms with van der Waals surface area (Å²) in [6.07, 6.45) is 0. The molecule has 0 spiro atoms. The molecule has 0 aromatic heterocycles. The van der Waals surface area contributed by atoms with Gasteiger partial charge in [0.25, 0.3) is 0 Å². The molecule has 0 saturated heterocycles. The minimum Gasteiger partial charge on any atom is -0.504 e. The average molecular weight is 381 g/mol. The molecule has 6 N–H and O–H groups in total. The van der Waals surface area contributed by atoms with E-state index in [0.29, 0.717) is 0 Å². The molecule has 0 aliphatic carbocycles. The maximum Gasteiger partial charge on any atom is 0.527 e. The Morgan fingerprint density at radius 1 is 1.04 bits per heavy atom. The van der Waals surface area contributed by atoms with E-state index >= 15 is 0 Å². The van der Waals surface area contributed by atoms with Crippen molar-refractivity contribution in [2.75, 3.05) is 46.1 Å². The highest BCUT2D eigenvalue weighted by molar-refractivity contribution is 7.47. The number of aliphatic hydroxyl groups excluding tert-OH is 4. The van der Waals surface area contributed by atoms with Crippen LogP contribution in [0.1, 0.15) is 0 Å². The van der Waals surface area contributed by atoms with E-state index in [9.17, 15) is 24.8 Å². The standard InChI is InChI=1S/C14H24NO9P/c16-7-5-15(6-8-17)14(9-18,10-19)11-23-25(21,22)24-13-4-2-1-3-12(13)20/h1-4,16-20H,5-11H2,(H,21,22). The topological polar surface area (TPSA) is 160 Å². The van der Waals surface area contributed by atoms with Gasteiger partial charge in [0.2, 0.25) is 0 Å². The Labute approximate surface area is 145 Å². The van der Waals surface area contributed by atoms with Crippen LogP contribution in [0.2, 0.25) is 0 Å². The second-order valence-electron chi connectivity index (χ2n) is 5.28. The Morgan fingerprint density at radius 3 is 2.08 bits per heavy atom. The normalized spacial score (nSPS) is 14.5. The predicted molar refractivity (Wildman–Crippen MR) is 87.2 cm³/mol. The molecule has 10 nitrogen and oxygen atoms in total. The van der Waals surface area contributed by atoms with Gasteiger partial charge in [0.1, 0.15) is 0 Å². The first kappa shape index (κ1) is 21.8. The van der Waals surface area contributed by atoms with E-state index in [-0.39, 0.29) is 37.8 Å². The lowest BCUT2D eigenvalue weighted by Gasteiger charge is -2.40. The molecule has 1 aromatic rings. The Hall–Kier alpha value is -1.23. The van der Waals surface area contributed by atoms with Gasteiger partial charge in [0, 0.05) is 13.1 Å². The first-order valence-electron chi connectivity index (χ1n) is 7.47. The predicted octanol–water partition coefficient (Wildman–Crippen LogP) is -1.10. The zero-order valence-electron chi connectivity index (χ0n) is 13.6. The zero-order chi connectivity index (χ0) is 18.9. The molecule has 1 aromatic carbocycles. The summed E-state index contributed by atoms with van der Waals surface area (Å²) in [7, 11) is -4.68. The summed E-state index contributed by atoms with van der Waals surface area (Å²) >= 11 is 0. The van der Waals surface area contributed by atoms with E-state index in [1.165, 1.54) is 29.2 Å². The summed E-state index contributed by atoms with van der Waals surface area (Å²) < 4.78 is 21.7. The van der Waals surface area contributed by atoms with Crippen molar-refractivity contribution in [2.24, 2.45) is 0 Å². The summed E-state index contributed by atoms with van der Waals surface area (Å²) in [6.45, 7) is -2.64. The molecule has 0 heterocycles. The Morgan fingerprint density at radius 2 is 1.60 bits per heavy atom. The fraction of sp³-hybridized carbons (Fsp3) is 0.571. The van der Waals surface area contributed by atoms with Crippen LogP contribution < -0.4 is 4.52 Å². The van der Waals surface area contributed by atoms with Crippen molar-refractivity contribution in [3.05, 3.63) is 24.3 Å². The second kappa shape index (κ2) is 10.0. The molecule has 25 heavy (non-hydrogen) atoms. The average Bonchev–Trinajstić information content (AvgIpc) is 2.58. The van der Waals surface area contributed by atoms with Crippen LogP contribution in [-0.2, 0) is 9.09 Å². The van der Waals surface area contributed by atoms with Crippen LogP contribution in [0.5, 0.6) is 11.5 Å². The Balaban J connectivity index is 2.87. The van der Waals surface area contributed by atoms with E-state index in [1.54, 1.807) is 0 Å². The SMILES string of the molecule is O=P(O)(OCC(CO)(CO)N(CCO)CCO)Oc1ccccc1O. The molecule has 0 aliphatic heterocycles. The molecule has 1 rings (SSSR count). The highest BCUT2D eigenvalue weighted by Crippen LogP contribution is 2.47. The van der Waals surface area contributed by atoms with E-state index < -0.39 is 33.2 Å². The summed E-state index contributed by atoms with van der Waals surface area (Å²) in [6, 6.07) is 5.49. The quantitative estimate of drug-likeness (QED) is 0.245. The van der Waals surface area contributed by atoms with Crippen molar-refractivity contribution >= 4 is 7.82 Å². The molecule has 0 radical (unpaired) electrons. The highest BCUT2D eigenvalue weighted by Gasteiger charge is 2.39. The van der Waals surface area contributed by atoms with Crippen molar-refractivity contribution in [2.45, 2.75) is 5.54 Å². The third-order valence-electron chi connectivity index (χ3n) is 3.57. The number of para-hydroxylation sites is 2. The molecule has 0 fully saturated rings. The van der Waals surface area contributed by atoms with Gasteiger partial charge >= 0.3 is 7.82 Å². The highest BCUT2D eigenvalue weighted by atomic mass is 31.2. The van der Waals surface area contributed by atoms with Gasteiger partial charge in [-0.25, -0.2) is 4.57 Å². The number of aliphatic hydroxyl groups is 4. The maximum absolute atomic E-state index is 12.1. The molecule has 0 bridgehead atoms. The van der Waals surface area contributed by atoms with Crippen LogP contribution in [0.15, 0.2) is 24.3 Å². The van der Waals surface area contributed by atoms with Gasteiger partial charge in [-0.15, -0.1) is 0 Å². The van der Waals surface area contributed by atoms with Crippen molar-refractivity contribution in [3.8, 4) is 11.5 Å². The fourth-order valence-electron chi connectivity index (χ4n) is 2.15. The number of nitrogens with zero attached hydrogens (tertiary/aromatic N) is 1. The molecular weight excluding hydrogens is 357 g/mol. The van der Waals surface area contributed by atoms with Crippen molar-refractivity contribution < 1.29 is 44.0 Å². The molecule has 144 valence electrons. The van der Waals surface area contributed by atoms with Gasteiger partial charge in [-0.05, 0) is 12.1 Å². The minimum absolute atomic E-state index is 0.0128. The van der Waals surface area contributed by atoms with Crippen LogP contribution >= 0.6 is 7.82 Å². The first-order valence-corrected chi connectivity index (χ1v) is 8.97. The number of hydrogen-bond donors (Lipinski definition) is 6. The number of aromatic hydroxyl groups is 1. The number of β-amino-alcohol motifs (C(OH)–C–C–N with tert-alkyl or cyclic N) is 2. The summed E-state index contributed by atoms with van der Waals surface area (Å²) in [4.78, 5) is 11.1. The monoisotopic (exact) mass is 381 g/mol. The molecule has 11 heteroatoms. The van der Waals surface area contributed by atoms with Crippen LogP contribution in [0, 0.1) is 0 Å². The van der Waals surface area contributed by atoms with Crippen molar-refractivity contribution in [3.63, 3.8) is 0 Å². The largest absolute Gasteiger partial charge is 0.527 e. The summed E-state index contributed by atoms with van der Waals surface area (Å²) in [5, 5.41) is 47.0. The van der Waals surface area contributed by atoms with Gasteiger partial charge in [-0.3, -0.25) is 14.3 Å². The molecular formula is C14H24NO9P. The molecule has 0 saturated carbocycles. The smallest absolute Gasteiger partial charge is 0.504 e. The van der Waals surface area contributed by atoms with Crippen molar-refractivity contribution in [1.29, 1.82) is 0 Å². The summed E-state index contributed by atoms with van der Waals surface area (Å²) in [5.41, 5.74) is -1.52. The van der Waals surface area contributed by atoms with Crippen LogP contribution in [0.3, 0.4) is 0 Å². The Kier molecular flexibility index (Phi) is 8.77. The number of phosphoric ester groups is 1. The molecule has 1 unspecified atom stereocenters. The van der Waals surface area contributed by atoms with Crippen molar-refractivity contribution in [1.82, 2.24) is 4.90 Å². The first-order chi connectivity index (χ1) is 11.8. The van der Waals surface area contributed by atoms with E-state index in [4.69, 9.17) is 19.3 Å². The van der Waals surface area contributed by atoms with Gasteiger partial charge in [0.15, 0.2) is 11.5 Å². The van der Waals surface area contributed by atoms with E-state index in [2.05, 4.69) is 0 Å². The molecule has 0 amide bonds. The maximum atomic E-state index is 12.1. The number of phenols is 1. The third kappa shape index (κ3) is 6.21. The van der Waals surface area contributed by atoms with Gasteiger partial charge in [-0.2, -0.15) is 0 Å². The van der Waals surface area contributed by atoms with Crippen LogP contribution in [-0.4, -0.2) is 87.0 Å². The van der Waals surface area contributed by atoms with Gasteiger partial charge in [0.05, 0.1) is 38.6 Å². The number of phenolic OH excluding ortho intramolecular Hbond substituents is 1. The molecule has 1 atom stereocenters. The lowest BCUT2D eigenvalue weighted by atomic mass is 10.0. The van der Waals surface area contributed by atoms with E-state index in [1.807, 2.05) is 0 Å². The molecule has 0 aliphatic rings. The number of benzene rings is 1. The number of hydrogen-bond acceptors (Lipinski definition) is 9. The van der Waals surface area contributed by atoms with Gasteiger partial charge < -0.3 is 30.1 Å². The van der Waals surface area contributed by atoms with E-state index in [0.717, 1.165) is 0 Å². The minimum atomic E-state index is -4.68. The lowest BCUT2D eigenvalue weighted by Crippen LogP contribution is -2.59. The fourth-order valence-corrected chi connectivity index (χ4v) is 3.01. The van der Waals surface area contributed by atoms with Crippen LogP contribution in [0.25, 0.3) is 0 Å². The Bertz CT molecular complexity index is 561. The zero-order valence-corrected chi connectivity index (χ0v) is 14.5. The van der Waals surface area contributed by atoms with Crippen LogP contribution in [0.4, 0.5) is 0 Å². The summed E-state index contributed by atoms with van der Waals surface area (Å²) in [5.74, 6) is -0.632.